The average molecular weight is 684 g/mol. The van der Waals surface area contributed by atoms with Gasteiger partial charge in [0, 0.05) is 41.3 Å². The van der Waals surface area contributed by atoms with E-state index in [0.717, 1.165) is 67.9 Å². The molecule has 1 N–H and O–H groups in total. The number of ether oxygens (including phenoxy) is 1. The molecule has 2 aromatic rings. The van der Waals surface area contributed by atoms with Crippen molar-refractivity contribution in [3.8, 4) is 5.75 Å². The molecular formula is C38H54ClN3O4S. The summed E-state index contributed by atoms with van der Waals surface area (Å²) >= 11 is 6.40. The molecule has 2 aromatic carbocycles. The maximum atomic E-state index is 13.1. The fourth-order valence-corrected chi connectivity index (χ4v) is 7.41. The fourth-order valence-electron chi connectivity index (χ4n) is 6.68. The Morgan fingerprint density at radius 1 is 1.15 bits per heavy atom. The number of nitrogens with one attached hydrogen (secondary N) is 1. The van der Waals surface area contributed by atoms with Gasteiger partial charge in [0.05, 0.1) is 12.3 Å². The molecule has 0 spiro atoms. The van der Waals surface area contributed by atoms with Crippen LogP contribution in [0.5, 0.6) is 5.75 Å². The second kappa shape index (κ2) is 18.2. The predicted molar refractivity (Wildman–Crippen MR) is 195 cm³/mol. The van der Waals surface area contributed by atoms with Gasteiger partial charge in [-0.25, -0.2) is 4.21 Å². The van der Waals surface area contributed by atoms with Gasteiger partial charge in [0.1, 0.15) is 23.0 Å². The Hall–Kier alpha value is -2.68. The second-order valence-electron chi connectivity index (χ2n) is 13.5. The summed E-state index contributed by atoms with van der Waals surface area (Å²) in [6, 6.07) is 11.7. The van der Waals surface area contributed by atoms with Crippen LogP contribution in [0.2, 0.25) is 5.02 Å². The Labute approximate surface area is 290 Å². The molecule has 0 aromatic heterocycles. The molecule has 5 rings (SSSR count). The number of hydrogen-bond donors (Lipinski definition) is 1. The molecule has 1 saturated heterocycles. The fraction of sp³-hybridized carbons (Fsp3) is 0.579. The van der Waals surface area contributed by atoms with E-state index < -0.39 is 11.0 Å². The van der Waals surface area contributed by atoms with Crippen molar-refractivity contribution in [3.63, 3.8) is 0 Å². The highest BCUT2D eigenvalue weighted by atomic mass is 35.5. The standard InChI is InChI=1S/C34H45ClN2O4S.C4H9N/c1-5-7-9-24(16-17-38)30-13-10-27(30)20-37-21-28(31-14-12-29(35)18-25(31)8-6-2)22-41-33-15-11-26(19-32(33)37)34(39)36-42(40)23(3)4;1-5-3-2-4-5/h7,9,11-12,14-15,17-19,23-24,27-28,30H,5-6,8,10,13,16,20-22H2,1-4H3,(H,36,39);2-4H2,1H3/b9-7+;. The van der Waals surface area contributed by atoms with Crippen LogP contribution in [0, 0.1) is 17.8 Å². The number of nitrogens with zero attached hydrogens (tertiary/aromatic N) is 2. The molecule has 5 unspecified atom stereocenters. The van der Waals surface area contributed by atoms with Crippen molar-refractivity contribution in [1.29, 1.82) is 0 Å². The lowest BCUT2D eigenvalue weighted by molar-refractivity contribution is -0.109. The van der Waals surface area contributed by atoms with E-state index in [9.17, 15) is 13.8 Å². The summed E-state index contributed by atoms with van der Waals surface area (Å²) in [6.07, 6.45) is 12.6. The Morgan fingerprint density at radius 3 is 2.51 bits per heavy atom. The van der Waals surface area contributed by atoms with E-state index in [4.69, 9.17) is 16.3 Å². The molecule has 1 aliphatic carbocycles. The first kappa shape index (κ1) is 37.1. The number of rotatable bonds is 13. The van der Waals surface area contributed by atoms with Crippen LogP contribution in [0.1, 0.15) is 93.6 Å². The third-order valence-corrected chi connectivity index (χ3v) is 11.2. The van der Waals surface area contributed by atoms with Gasteiger partial charge in [0.2, 0.25) is 0 Å². The van der Waals surface area contributed by atoms with Gasteiger partial charge in [-0.05, 0) is 125 Å². The number of fused-ring (bicyclic) bond motifs is 1. The molecule has 0 bridgehead atoms. The molecule has 1 saturated carbocycles. The summed E-state index contributed by atoms with van der Waals surface area (Å²) in [5, 5.41) is 0.564. The van der Waals surface area contributed by atoms with Crippen LogP contribution in [0.15, 0.2) is 48.6 Å². The number of carbonyl (C=O) groups is 2. The van der Waals surface area contributed by atoms with E-state index in [1.807, 2.05) is 32.0 Å². The molecule has 9 heteroatoms. The van der Waals surface area contributed by atoms with Crippen molar-refractivity contribution >= 4 is 40.5 Å². The number of amides is 1. The minimum Gasteiger partial charge on any atom is -0.491 e. The summed E-state index contributed by atoms with van der Waals surface area (Å²) in [4.78, 5) is 29.3. The van der Waals surface area contributed by atoms with Crippen LogP contribution in [0.4, 0.5) is 5.69 Å². The van der Waals surface area contributed by atoms with Gasteiger partial charge in [-0.3, -0.25) is 9.52 Å². The summed E-state index contributed by atoms with van der Waals surface area (Å²) in [6.45, 7) is 12.6. The lowest BCUT2D eigenvalue weighted by Crippen LogP contribution is -2.42. The normalized spacial score (nSPS) is 22.1. The largest absolute Gasteiger partial charge is 0.491 e. The van der Waals surface area contributed by atoms with E-state index in [-0.39, 0.29) is 23.0 Å². The molecule has 258 valence electrons. The Bertz CT molecular complexity index is 1390. The number of anilines is 1. The summed E-state index contributed by atoms with van der Waals surface area (Å²) < 4.78 is 21.4. The Kier molecular flexibility index (Phi) is 14.4. The zero-order valence-corrected chi connectivity index (χ0v) is 30.5. The van der Waals surface area contributed by atoms with Crippen molar-refractivity contribution in [2.45, 2.75) is 83.8 Å². The Morgan fingerprint density at radius 2 is 1.91 bits per heavy atom. The van der Waals surface area contributed by atoms with Crippen LogP contribution in [-0.4, -0.2) is 66.4 Å². The van der Waals surface area contributed by atoms with Gasteiger partial charge < -0.3 is 19.3 Å². The number of allylic oxidation sites excluding steroid dienone is 2. The highest BCUT2D eigenvalue weighted by molar-refractivity contribution is 7.84. The molecule has 7 nitrogen and oxygen atoms in total. The summed E-state index contributed by atoms with van der Waals surface area (Å²) in [5.41, 5.74) is 3.84. The van der Waals surface area contributed by atoms with Crippen molar-refractivity contribution in [2.24, 2.45) is 17.8 Å². The zero-order valence-electron chi connectivity index (χ0n) is 28.9. The zero-order chi connectivity index (χ0) is 33.9. The third kappa shape index (κ3) is 10.2. The van der Waals surface area contributed by atoms with E-state index in [2.05, 4.69) is 59.7 Å². The predicted octanol–water partition coefficient (Wildman–Crippen LogP) is 7.60. The molecule has 2 heterocycles. The first-order valence-corrected chi connectivity index (χ1v) is 19.0. The Balaban J connectivity index is 0.000000912. The number of aldehydes is 1. The van der Waals surface area contributed by atoms with Gasteiger partial charge in [-0.15, -0.1) is 0 Å². The van der Waals surface area contributed by atoms with Crippen LogP contribution in [0.3, 0.4) is 0 Å². The van der Waals surface area contributed by atoms with Crippen molar-refractivity contribution in [2.75, 3.05) is 44.7 Å². The van der Waals surface area contributed by atoms with Gasteiger partial charge >= 0.3 is 0 Å². The van der Waals surface area contributed by atoms with Gasteiger partial charge in [-0.1, -0.05) is 50.1 Å². The van der Waals surface area contributed by atoms with E-state index in [1.165, 1.54) is 30.6 Å². The van der Waals surface area contributed by atoms with Crippen LogP contribution in [0.25, 0.3) is 0 Å². The van der Waals surface area contributed by atoms with Crippen molar-refractivity contribution in [1.82, 2.24) is 9.62 Å². The summed E-state index contributed by atoms with van der Waals surface area (Å²) in [7, 11) is 0.682. The minimum atomic E-state index is -1.46. The molecule has 1 amide bonds. The lowest BCUT2D eigenvalue weighted by Gasteiger charge is -2.44. The molecule has 3 aliphatic rings. The van der Waals surface area contributed by atoms with E-state index >= 15 is 0 Å². The maximum Gasteiger partial charge on any atom is 0.263 e. The van der Waals surface area contributed by atoms with Crippen LogP contribution >= 0.6 is 11.6 Å². The molecule has 0 radical (unpaired) electrons. The third-order valence-electron chi connectivity index (χ3n) is 9.68. The topological polar surface area (TPSA) is 79.0 Å². The number of benzene rings is 2. The molecule has 2 fully saturated rings. The molecule has 2 aliphatic heterocycles. The second-order valence-corrected chi connectivity index (χ2v) is 15.7. The van der Waals surface area contributed by atoms with Crippen molar-refractivity contribution in [3.05, 3.63) is 70.3 Å². The first-order valence-electron chi connectivity index (χ1n) is 17.5. The number of halogens is 1. The van der Waals surface area contributed by atoms with E-state index in [1.54, 1.807) is 6.07 Å². The van der Waals surface area contributed by atoms with Gasteiger partial charge in [-0.2, -0.15) is 0 Å². The minimum absolute atomic E-state index is 0.117. The molecule has 47 heavy (non-hydrogen) atoms. The van der Waals surface area contributed by atoms with Crippen LogP contribution in [-0.2, 0) is 22.2 Å². The number of hydrogen-bond acceptors (Lipinski definition) is 6. The van der Waals surface area contributed by atoms with Gasteiger partial charge in [0.15, 0.2) is 0 Å². The molecule has 5 atom stereocenters. The number of carbonyl (C=O) groups excluding carboxylic acids is 2. The highest BCUT2D eigenvalue weighted by Crippen LogP contribution is 2.45. The highest BCUT2D eigenvalue weighted by Gasteiger charge is 2.38. The average Bonchev–Trinajstić information content (AvgIpc) is 3.20. The quantitative estimate of drug-likeness (QED) is 0.173. The molecular weight excluding hydrogens is 630 g/mol. The maximum absolute atomic E-state index is 13.1. The van der Waals surface area contributed by atoms with E-state index in [0.29, 0.717) is 30.4 Å². The van der Waals surface area contributed by atoms with Crippen molar-refractivity contribution < 1.29 is 18.5 Å². The smallest absolute Gasteiger partial charge is 0.263 e. The first-order chi connectivity index (χ1) is 22.6. The summed E-state index contributed by atoms with van der Waals surface area (Å²) in [5.74, 6) is 1.62. The number of likely N-dealkylation sites (tertiary alicyclic amines) is 1. The number of aryl methyl sites for hydroxylation is 1. The monoisotopic (exact) mass is 683 g/mol. The van der Waals surface area contributed by atoms with Crippen LogP contribution < -0.4 is 14.4 Å². The lowest BCUT2D eigenvalue weighted by atomic mass is 9.66. The SMILES string of the molecule is CC/C=C/C(CC=O)C1CCC1CN1CC(c2ccc(Cl)cc2CCC)COc2ccc(C(=O)NS(=O)C(C)C)cc21.CN1CCC1. The van der Waals surface area contributed by atoms with Gasteiger partial charge in [0.25, 0.3) is 5.91 Å².